The predicted octanol–water partition coefficient (Wildman–Crippen LogP) is 3.04. The Morgan fingerprint density at radius 3 is 2.53 bits per heavy atom. The lowest BCUT2D eigenvalue weighted by molar-refractivity contribution is 0.0673. The van der Waals surface area contributed by atoms with Crippen LogP contribution < -0.4 is 4.74 Å². The molecule has 6 heteroatoms. The van der Waals surface area contributed by atoms with E-state index < -0.39 is 23.6 Å². The van der Waals surface area contributed by atoms with E-state index in [-0.39, 0.29) is 10.2 Å². The number of alkyl halides is 2. The Labute approximate surface area is 92.2 Å². The van der Waals surface area contributed by atoms with E-state index in [1.807, 2.05) is 0 Å². The van der Waals surface area contributed by atoms with Gasteiger partial charge in [-0.05, 0) is 28.1 Å². The van der Waals surface area contributed by atoms with E-state index in [1.165, 1.54) is 13.2 Å². The van der Waals surface area contributed by atoms with Crippen LogP contribution in [0.15, 0.2) is 16.6 Å². The first-order chi connectivity index (χ1) is 6.99. The van der Waals surface area contributed by atoms with Gasteiger partial charge >= 0.3 is 6.43 Å². The lowest BCUT2D eigenvalue weighted by Gasteiger charge is -2.08. The Morgan fingerprint density at radius 2 is 2.07 bits per heavy atom. The van der Waals surface area contributed by atoms with Crippen LogP contribution >= 0.6 is 15.9 Å². The molecule has 0 amide bonds. The van der Waals surface area contributed by atoms with Crippen molar-refractivity contribution in [2.24, 2.45) is 0 Å². The molecule has 0 N–H and O–H groups in total. The molecule has 0 bridgehead atoms. The minimum atomic E-state index is -3.23. The maximum atomic E-state index is 13.4. The van der Waals surface area contributed by atoms with Crippen LogP contribution in [0.1, 0.15) is 10.4 Å². The smallest absolute Gasteiger partial charge is 0.300 e. The predicted molar refractivity (Wildman–Crippen MR) is 51.0 cm³/mol. The summed E-state index contributed by atoms with van der Waals surface area (Å²) in [5.41, 5.74) is -0.676. The summed E-state index contributed by atoms with van der Waals surface area (Å²) < 4.78 is 42.4. The van der Waals surface area contributed by atoms with E-state index >= 15 is 0 Å². The summed E-state index contributed by atoms with van der Waals surface area (Å²) in [4.78, 5) is 10.9. The van der Waals surface area contributed by atoms with Crippen LogP contribution in [-0.2, 0) is 0 Å². The molecular formula is C9H6BrF3O2. The molecule has 0 spiro atoms. The quantitative estimate of drug-likeness (QED) is 0.797. The number of carbonyl (C=O) groups is 1. The molecule has 0 aliphatic heterocycles. The van der Waals surface area contributed by atoms with Crippen molar-refractivity contribution < 1.29 is 22.7 Å². The molecule has 0 aliphatic carbocycles. The average Bonchev–Trinajstić information content (AvgIpc) is 2.17. The van der Waals surface area contributed by atoms with Crippen molar-refractivity contribution in [2.75, 3.05) is 7.11 Å². The van der Waals surface area contributed by atoms with Gasteiger partial charge in [0, 0.05) is 0 Å². The second kappa shape index (κ2) is 4.65. The van der Waals surface area contributed by atoms with Gasteiger partial charge in [0.25, 0.3) is 0 Å². The fraction of sp³-hybridized carbons (Fsp3) is 0.222. The van der Waals surface area contributed by atoms with Gasteiger partial charge in [-0.15, -0.1) is 0 Å². The first-order valence-electron chi connectivity index (χ1n) is 3.83. The van der Waals surface area contributed by atoms with Crippen molar-refractivity contribution in [2.45, 2.75) is 6.43 Å². The van der Waals surface area contributed by atoms with E-state index in [0.29, 0.717) is 0 Å². The number of rotatable bonds is 3. The molecule has 82 valence electrons. The molecule has 0 heterocycles. The third-order valence-corrected chi connectivity index (χ3v) is 2.34. The number of Topliss-reactive ketones (excluding diaryl/α,β-unsaturated/α-hetero) is 1. The molecule has 0 fully saturated rings. The number of ketones is 1. The molecule has 0 aromatic heterocycles. The Hall–Kier alpha value is -1.04. The van der Waals surface area contributed by atoms with Gasteiger partial charge in [-0.2, -0.15) is 0 Å². The third kappa shape index (κ3) is 2.31. The molecule has 0 saturated heterocycles. The molecule has 1 aromatic carbocycles. The van der Waals surface area contributed by atoms with Crippen molar-refractivity contribution in [1.29, 1.82) is 0 Å². The number of hydrogen-bond donors (Lipinski definition) is 0. The Bertz CT molecular complexity index is 393. The van der Waals surface area contributed by atoms with E-state index in [4.69, 9.17) is 0 Å². The van der Waals surface area contributed by atoms with Crippen LogP contribution in [0.4, 0.5) is 13.2 Å². The van der Waals surface area contributed by atoms with E-state index in [9.17, 15) is 18.0 Å². The molecule has 1 rings (SSSR count). The van der Waals surface area contributed by atoms with Crippen molar-refractivity contribution in [3.05, 3.63) is 28.0 Å². The lowest BCUT2D eigenvalue weighted by atomic mass is 10.1. The topological polar surface area (TPSA) is 26.3 Å². The van der Waals surface area contributed by atoms with Crippen LogP contribution in [-0.4, -0.2) is 19.3 Å². The lowest BCUT2D eigenvalue weighted by Crippen LogP contribution is -2.12. The first-order valence-corrected chi connectivity index (χ1v) is 4.62. The zero-order chi connectivity index (χ0) is 11.6. The van der Waals surface area contributed by atoms with Gasteiger partial charge in [-0.1, -0.05) is 0 Å². The second-order valence-electron chi connectivity index (χ2n) is 2.61. The number of ether oxygens (including phenoxy) is 1. The maximum Gasteiger partial charge on any atom is 0.300 e. The minimum Gasteiger partial charge on any atom is -0.492 e. The van der Waals surface area contributed by atoms with Gasteiger partial charge in [-0.25, -0.2) is 13.2 Å². The number of halogens is 4. The molecule has 0 atom stereocenters. The van der Waals surface area contributed by atoms with Gasteiger partial charge in [0.2, 0.25) is 5.78 Å². The molecule has 0 unspecified atom stereocenters. The molecular weight excluding hydrogens is 277 g/mol. The molecule has 0 saturated carbocycles. The summed E-state index contributed by atoms with van der Waals surface area (Å²) in [6.45, 7) is 0. The first kappa shape index (κ1) is 12.0. The van der Waals surface area contributed by atoms with Crippen LogP contribution in [0.5, 0.6) is 5.75 Å². The average molecular weight is 283 g/mol. The fourth-order valence-corrected chi connectivity index (χ4v) is 1.50. The summed E-state index contributed by atoms with van der Waals surface area (Å²) in [5.74, 6) is -2.91. The van der Waals surface area contributed by atoms with Gasteiger partial charge in [0.1, 0.15) is 0 Å². The van der Waals surface area contributed by atoms with Crippen LogP contribution in [0.25, 0.3) is 0 Å². The van der Waals surface area contributed by atoms with Crippen LogP contribution in [0, 0.1) is 5.82 Å². The maximum absolute atomic E-state index is 13.4. The Kier molecular flexibility index (Phi) is 3.73. The highest BCUT2D eigenvalue weighted by molar-refractivity contribution is 9.10. The minimum absolute atomic E-state index is 0.258. The largest absolute Gasteiger partial charge is 0.492 e. The van der Waals surface area contributed by atoms with E-state index in [1.54, 1.807) is 0 Å². The van der Waals surface area contributed by atoms with E-state index in [2.05, 4.69) is 20.7 Å². The SMILES string of the molecule is COc1c(Br)ccc(C(=O)C(F)F)c1F. The number of hydrogen-bond acceptors (Lipinski definition) is 2. The highest BCUT2D eigenvalue weighted by atomic mass is 79.9. The number of carbonyl (C=O) groups excluding carboxylic acids is 1. The van der Waals surface area contributed by atoms with Gasteiger partial charge < -0.3 is 4.74 Å². The summed E-state index contributed by atoms with van der Waals surface area (Å²) in [6.07, 6.45) is -3.23. The van der Waals surface area contributed by atoms with Crippen molar-refractivity contribution >= 4 is 21.7 Å². The molecule has 2 nitrogen and oxygen atoms in total. The van der Waals surface area contributed by atoms with E-state index in [0.717, 1.165) is 6.07 Å². The van der Waals surface area contributed by atoms with Crippen LogP contribution in [0.3, 0.4) is 0 Å². The zero-order valence-electron chi connectivity index (χ0n) is 7.56. The van der Waals surface area contributed by atoms with Crippen molar-refractivity contribution in [3.8, 4) is 5.75 Å². The summed E-state index contributed by atoms with van der Waals surface area (Å²) in [5, 5.41) is 0. The molecule has 0 radical (unpaired) electrons. The fourth-order valence-electron chi connectivity index (χ4n) is 1.03. The zero-order valence-corrected chi connectivity index (χ0v) is 9.15. The van der Waals surface area contributed by atoms with Crippen molar-refractivity contribution in [1.82, 2.24) is 0 Å². The Balaban J connectivity index is 3.28. The summed E-state index contributed by atoms with van der Waals surface area (Å²) >= 11 is 2.96. The highest BCUT2D eigenvalue weighted by Crippen LogP contribution is 2.30. The monoisotopic (exact) mass is 282 g/mol. The standard InChI is InChI=1S/C9H6BrF3O2/c1-15-8-5(10)3-2-4(6(8)11)7(14)9(12)13/h2-3,9H,1H3. The molecule has 15 heavy (non-hydrogen) atoms. The normalized spacial score (nSPS) is 10.5. The third-order valence-electron chi connectivity index (χ3n) is 1.72. The number of benzene rings is 1. The summed E-state index contributed by atoms with van der Waals surface area (Å²) in [7, 11) is 1.18. The van der Waals surface area contributed by atoms with Gasteiger partial charge in [-0.3, -0.25) is 4.79 Å². The van der Waals surface area contributed by atoms with Gasteiger partial charge in [0.05, 0.1) is 17.1 Å². The molecule has 0 aliphatic rings. The highest BCUT2D eigenvalue weighted by Gasteiger charge is 2.24. The number of methoxy groups -OCH3 is 1. The van der Waals surface area contributed by atoms with Crippen LogP contribution in [0.2, 0.25) is 0 Å². The second-order valence-corrected chi connectivity index (χ2v) is 3.46. The van der Waals surface area contributed by atoms with Crippen molar-refractivity contribution in [3.63, 3.8) is 0 Å². The summed E-state index contributed by atoms with van der Waals surface area (Å²) in [6, 6.07) is 2.26. The molecule has 1 aromatic rings. The Morgan fingerprint density at radius 1 is 1.47 bits per heavy atom. The van der Waals surface area contributed by atoms with Gasteiger partial charge in [0.15, 0.2) is 11.6 Å².